The van der Waals surface area contributed by atoms with Crippen molar-refractivity contribution >= 4 is 5.84 Å². The van der Waals surface area contributed by atoms with Crippen molar-refractivity contribution in [1.82, 2.24) is 0 Å². The van der Waals surface area contributed by atoms with Gasteiger partial charge in [0.1, 0.15) is 5.84 Å². The van der Waals surface area contributed by atoms with E-state index in [0.717, 1.165) is 0 Å². The van der Waals surface area contributed by atoms with Crippen LogP contribution >= 0.6 is 0 Å². The number of nitrogens with two attached hydrogens (primary N) is 2. The lowest BCUT2D eigenvalue weighted by molar-refractivity contribution is 1.40. The third-order valence-corrected chi connectivity index (χ3v) is 0.559. The molecule has 44 valence electrons. The molecule has 0 aliphatic heterocycles. The molecule has 3 nitrogen and oxygen atoms in total. The number of amidine groups is 1. The molecule has 0 unspecified atom stereocenters. The smallest absolute Gasteiger partial charge is 0.145 e. The van der Waals surface area contributed by atoms with Crippen LogP contribution < -0.4 is 11.5 Å². The van der Waals surface area contributed by atoms with E-state index < -0.39 is 0 Å². The van der Waals surface area contributed by atoms with Gasteiger partial charge in [-0.2, -0.15) is 0 Å². The fourth-order valence-electron chi connectivity index (χ4n) is 0.181. The summed E-state index contributed by atoms with van der Waals surface area (Å²) in [5, 5.41) is 0. The summed E-state index contributed by atoms with van der Waals surface area (Å²) in [4.78, 5) is 3.56. The van der Waals surface area contributed by atoms with Gasteiger partial charge in [-0.1, -0.05) is 13.2 Å². The number of rotatable bonds is 2. The molecule has 0 bridgehead atoms. The Morgan fingerprint density at radius 2 is 2.00 bits per heavy atom. The monoisotopic (exact) mass is 111 g/mol. The molecule has 8 heavy (non-hydrogen) atoms. The molecule has 0 fully saturated rings. The van der Waals surface area contributed by atoms with Crippen LogP contribution in [0.25, 0.3) is 0 Å². The Morgan fingerprint density at radius 3 is 2.12 bits per heavy atom. The summed E-state index contributed by atoms with van der Waals surface area (Å²) in [6, 6.07) is 0. The van der Waals surface area contributed by atoms with Gasteiger partial charge in [-0.15, -0.1) is 0 Å². The Morgan fingerprint density at radius 1 is 1.50 bits per heavy atom. The number of hydrogen-bond acceptors (Lipinski definition) is 2. The molecule has 0 spiro atoms. The van der Waals surface area contributed by atoms with E-state index in [2.05, 4.69) is 18.2 Å². The van der Waals surface area contributed by atoms with Gasteiger partial charge in [0, 0.05) is 6.20 Å². The maximum atomic E-state index is 5.18. The molecule has 0 aromatic rings. The van der Waals surface area contributed by atoms with Gasteiger partial charge in [0.05, 0.1) is 5.70 Å². The average Bonchev–Trinajstić information content (AvgIpc) is 1.67. The van der Waals surface area contributed by atoms with E-state index in [9.17, 15) is 0 Å². The van der Waals surface area contributed by atoms with Gasteiger partial charge in [-0.3, -0.25) is 0 Å². The van der Waals surface area contributed by atoms with E-state index in [1.165, 1.54) is 6.20 Å². The van der Waals surface area contributed by atoms with Crippen LogP contribution in [0.3, 0.4) is 0 Å². The van der Waals surface area contributed by atoms with Gasteiger partial charge in [0.15, 0.2) is 0 Å². The molecule has 0 atom stereocenters. The molecule has 0 rings (SSSR count). The second kappa shape index (κ2) is 2.85. The minimum atomic E-state index is 0.222. The molecule has 4 N–H and O–H groups in total. The summed E-state index contributed by atoms with van der Waals surface area (Å²) in [5.74, 6) is 0.222. The summed E-state index contributed by atoms with van der Waals surface area (Å²) < 4.78 is 0. The van der Waals surface area contributed by atoms with E-state index in [-0.39, 0.29) is 11.5 Å². The van der Waals surface area contributed by atoms with Crippen LogP contribution in [0.4, 0.5) is 0 Å². The van der Waals surface area contributed by atoms with Gasteiger partial charge in [-0.25, -0.2) is 4.99 Å². The molecule has 0 aromatic heterocycles. The highest BCUT2D eigenvalue weighted by molar-refractivity contribution is 5.95. The molecular weight excluding hydrogens is 102 g/mol. The van der Waals surface area contributed by atoms with Crippen molar-refractivity contribution in [1.29, 1.82) is 0 Å². The zero-order chi connectivity index (χ0) is 6.57. The summed E-state index contributed by atoms with van der Waals surface area (Å²) in [6.07, 6.45) is 1.31. The molecule has 0 saturated carbocycles. The first-order valence-corrected chi connectivity index (χ1v) is 2.07. The fraction of sp³-hybridized carbons (Fsp3) is 0. The largest absolute Gasteiger partial charge is 0.396 e. The maximum absolute atomic E-state index is 5.18. The third kappa shape index (κ3) is 2.02. The molecular formula is C5H9N3. The second-order valence-electron chi connectivity index (χ2n) is 1.22. The number of nitrogens with zero attached hydrogens (tertiary/aromatic N) is 1. The van der Waals surface area contributed by atoms with Crippen molar-refractivity contribution in [3.05, 3.63) is 25.1 Å². The predicted octanol–water partition coefficient (Wildman–Crippen LogP) is -0.0405. The zero-order valence-corrected chi connectivity index (χ0v) is 4.59. The van der Waals surface area contributed by atoms with Gasteiger partial charge < -0.3 is 11.5 Å². The van der Waals surface area contributed by atoms with Crippen LogP contribution in [-0.2, 0) is 0 Å². The van der Waals surface area contributed by atoms with Gasteiger partial charge in [0.2, 0.25) is 0 Å². The van der Waals surface area contributed by atoms with Gasteiger partial charge in [-0.05, 0) is 0 Å². The van der Waals surface area contributed by atoms with E-state index >= 15 is 0 Å². The van der Waals surface area contributed by atoms with Crippen LogP contribution in [0.15, 0.2) is 30.0 Å². The first-order valence-electron chi connectivity index (χ1n) is 2.07. The van der Waals surface area contributed by atoms with Gasteiger partial charge in [0.25, 0.3) is 0 Å². The number of aliphatic imine (C=N–C) groups is 1. The van der Waals surface area contributed by atoms with Crippen LogP contribution in [0, 0.1) is 0 Å². The molecule has 0 radical (unpaired) electrons. The lowest BCUT2D eigenvalue weighted by atomic mass is 10.5. The van der Waals surface area contributed by atoms with E-state index in [4.69, 9.17) is 11.5 Å². The van der Waals surface area contributed by atoms with Crippen LogP contribution in [0.5, 0.6) is 0 Å². The molecule has 0 heterocycles. The summed E-state index contributed by atoms with van der Waals surface area (Å²) in [7, 11) is 0. The maximum Gasteiger partial charge on any atom is 0.145 e. The average molecular weight is 111 g/mol. The van der Waals surface area contributed by atoms with E-state index in [1.54, 1.807) is 0 Å². The highest BCUT2D eigenvalue weighted by atomic mass is 14.9. The Labute approximate surface area is 48.4 Å². The Kier molecular flexibility index (Phi) is 2.40. The number of hydrogen-bond donors (Lipinski definition) is 2. The summed E-state index contributed by atoms with van der Waals surface area (Å²) >= 11 is 0. The molecule has 0 amide bonds. The van der Waals surface area contributed by atoms with Crippen molar-refractivity contribution in [2.75, 3.05) is 0 Å². The summed E-state index contributed by atoms with van der Waals surface area (Å²) in [5.41, 5.74) is 10.6. The molecule has 0 aliphatic rings. The van der Waals surface area contributed by atoms with Crippen molar-refractivity contribution in [2.24, 2.45) is 16.5 Å². The van der Waals surface area contributed by atoms with Crippen molar-refractivity contribution in [3.8, 4) is 0 Å². The Hall–Kier alpha value is -1.25. The van der Waals surface area contributed by atoms with E-state index in [0.29, 0.717) is 0 Å². The highest BCUT2D eigenvalue weighted by Gasteiger charge is 1.86. The predicted molar refractivity (Wildman–Crippen MR) is 35.1 cm³/mol. The van der Waals surface area contributed by atoms with Gasteiger partial charge >= 0.3 is 0 Å². The molecule has 0 aromatic carbocycles. The van der Waals surface area contributed by atoms with Crippen LogP contribution in [-0.4, -0.2) is 5.84 Å². The topological polar surface area (TPSA) is 64.4 Å². The lowest BCUT2D eigenvalue weighted by Gasteiger charge is -1.92. The van der Waals surface area contributed by atoms with Crippen molar-refractivity contribution in [3.63, 3.8) is 0 Å². The molecule has 0 aliphatic carbocycles. The lowest BCUT2D eigenvalue weighted by Crippen LogP contribution is -2.18. The van der Waals surface area contributed by atoms with Crippen LogP contribution in [0.1, 0.15) is 0 Å². The summed E-state index contributed by atoms with van der Waals surface area (Å²) in [6.45, 7) is 6.67. The quantitative estimate of drug-likeness (QED) is 0.388. The fourth-order valence-corrected chi connectivity index (χ4v) is 0.181. The Balaban J connectivity index is 3.99. The third-order valence-electron chi connectivity index (χ3n) is 0.559. The van der Waals surface area contributed by atoms with Crippen LogP contribution in [0.2, 0.25) is 0 Å². The van der Waals surface area contributed by atoms with Crippen molar-refractivity contribution in [2.45, 2.75) is 0 Å². The molecule has 0 saturated heterocycles. The zero-order valence-electron chi connectivity index (χ0n) is 4.59. The normalized spacial score (nSPS) is 10.8. The van der Waals surface area contributed by atoms with Crippen molar-refractivity contribution < 1.29 is 0 Å². The first kappa shape index (κ1) is 6.75. The minimum Gasteiger partial charge on any atom is -0.396 e. The standard InChI is InChI=1S/C5H9N3/c1-3-8-5(7)4(2)6/h3H,1-2,6H2,(H2,7,8). The SMILES string of the molecule is C=CN=C(N)C(=C)N. The Bertz CT molecular complexity index is 135. The molecule has 3 heteroatoms. The second-order valence-corrected chi connectivity index (χ2v) is 1.22. The minimum absolute atomic E-state index is 0.222. The first-order chi connectivity index (χ1) is 3.68. The highest BCUT2D eigenvalue weighted by Crippen LogP contribution is 1.77. The van der Waals surface area contributed by atoms with E-state index in [1.807, 2.05) is 0 Å².